The Labute approximate surface area is 110 Å². The molecule has 0 bridgehead atoms. The van der Waals surface area contributed by atoms with Crippen molar-refractivity contribution >= 4 is 34.8 Å². The van der Waals surface area contributed by atoms with Crippen LogP contribution in [0.5, 0.6) is 0 Å². The molecule has 1 heterocycles. The van der Waals surface area contributed by atoms with Gasteiger partial charge in [-0.1, -0.05) is 23.2 Å². The highest BCUT2D eigenvalue weighted by molar-refractivity contribution is 6.37. The van der Waals surface area contributed by atoms with Crippen molar-refractivity contribution in [2.24, 2.45) is 5.92 Å². The fourth-order valence-corrected chi connectivity index (χ4v) is 2.51. The third-order valence-electron chi connectivity index (χ3n) is 3.03. The Morgan fingerprint density at radius 1 is 1.41 bits per heavy atom. The number of hydrogen-bond acceptors (Lipinski definition) is 4. The van der Waals surface area contributed by atoms with E-state index in [1.807, 2.05) is 0 Å². The lowest BCUT2D eigenvalue weighted by Crippen LogP contribution is -2.14. The van der Waals surface area contributed by atoms with Crippen LogP contribution in [-0.2, 0) is 0 Å². The van der Waals surface area contributed by atoms with Crippen LogP contribution < -0.4 is 11.1 Å². The van der Waals surface area contributed by atoms with Gasteiger partial charge in [-0.25, -0.2) is 4.98 Å². The summed E-state index contributed by atoms with van der Waals surface area (Å²) in [5.41, 5.74) is 5.61. The number of pyridine rings is 1. The highest BCUT2D eigenvalue weighted by Crippen LogP contribution is 2.29. The van der Waals surface area contributed by atoms with Crippen molar-refractivity contribution in [1.82, 2.24) is 4.98 Å². The maximum absolute atomic E-state index is 9.42. The molecule has 2 rings (SSSR count). The predicted molar refractivity (Wildman–Crippen MR) is 70.5 cm³/mol. The fraction of sp³-hybridized carbons (Fsp3) is 0.545. The van der Waals surface area contributed by atoms with Gasteiger partial charge in [-0.2, -0.15) is 0 Å². The molecule has 2 unspecified atom stereocenters. The molecule has 4 nitrogen and oxygen atoms in total. The van der Waals surface area contributed by atoms with Crippen LogP contribution in [0.15, 0.2) is 6.07 Å². The number of rotatable bonds is 3. The van der Waals surface area contributed by atoms with Gasteiger partial charge >= 0.3 is 0 Å². The number of anilines is 2. The zero-order valence-corrected chi connectivity index (χ0v) is 10.8. The summed E-state index contributed by atoms with van der Waals surface area (Å²) in [4.78, 5) is 4.09. The SMILES string of the molecule is Nc1nc(NCC2CCC(O)C2)c(Cl)cc1Cl. The highest BCUT2D eigenvalue weighted by atomic mass is 35.5. The number of nitrogens with zero attached hydrogens (tertiary/aromatic N) is 1. The smallest absolute Gasteiger partial charge is 0.147 e. The van der Waals surface area contributed by atoms with Gasteiger partial charge < -0.3 is 16.2 Å². The molecule has 1 aliphatic rings. The van der Waals surface area contributed by atoms with Crippen molar-refractivity contribution in [2.45, 2.75) is 25.4 Å². The van der Waals surface area contributed by atoms with E-state index in [4.69, 9.17) is 28.9 Å². The first-order valence-corrected chi connectivity index (χ1v) is 6.35. The number of nitrogen functional groups attached to an aromatic ring is 1. The van der Waals surface area contributed by atoms with Gasteiger partial charge in [-0.05, 0) is 31.2 Å². The van der Waals surface area contributed by atoms with Crippen molar-refractivity contribution in [2.75, 3.05) is 17.6 Å². The molecular weight excluding hydrogens is 261 g/mol. The first-order chi connectivity index (χ1) is 8.06. The second-order valence-corrected chi connectivity index (χ2v) is 5.21. The van der Waals surface area contributed by atoms with Crippen LogP contribution in [0.3, 0.4) is 0 Å². The molecule has 1 aromatic heterocycles. The van der Waals surface area contributed by atoms with E-state index >= 15 is 0 Å². The second kappa shape index (κ2) is 5.29. The topological polar surface area (TPSA) is 71.2 Å². The predicted octanol–water partition coefficient (Wildman–Crippen LogP) is 2.54. The molecule has 2 atom stereocenters. The van der Waals surface area contributed by atoms with Crippen molar-refractivity contribution in [3.8, 4) is 0 Å². The third kappa shape index (κ3) is 3.15. The van der Waals surface area contributed by atoms with Gasteiger partial charge in [0.2, 0.25) is 0 Å². The first-order valence-electron chi connectivity index (χ1n) is 5.59. The van der Waals surface area contributed by atoms with Crippen LogP contribution in [0.4, 0.5) is 11.6 Å². The van der Waals surface area contributed by atoms with Crippen LogP contribution in [-0.4, -0.2) is 22.7 Å². The van der Waals surface area contributed by atoms with Gasteiger partial charge in [0.05, 0.1) is 16.1 Å². The second-order valence-electron chi connectivity index (χ2n) is 4.40. The molecule has 0 spiro atoms. The minimum atomic E-state index is -0.166. The summed E-state index contributed by atoms with van der Waals surface area (Å²) in [6, 6.07) is 1.58. The van der Waals surface area contributed by atoms with E-state index in [1.54, 1.807) is 6.07 Å². The molecule has 0 aliphatic heterocycles. The standard InChI is InChI=1S/C11H15Cl2N3O/c12-8-4-9(13)11(16-10(8)14)15-5-6-1-2-7(17)3-6/h4,6-7,17H,1-3,5H2,(H3,14,15,16). The van der Waals surface area contributed by atoms with E-state index in [0.717, 1.165) is 25.8 Å². The minimum absolute atomic E-state index is 0.166. The molecule has 1 aromatic rings. The first kappa shape index (κ1) is 12.7. The molecule has 6 heteroatoms. The summed E-state index contributed by atoms with van der Waals surface area (Å²) in [6.45, 7) is 0.741. The lowest BCUT2D eigenvalue weighted by Gasteiger charge is -2.13. The molecular formula is C11H15Cl2N3O. The van der Waals surface area contributed by atoms with Gasteiger partial charge in [0.25, 0.3) is 0 Å². The van der Waals surface area contributed by atoms with E-state index in [0.29, 0.717) is 21.8 Å². The van der Waals surface area contributed by atoms with Crippen molar-refractivity contribution < 1.29 is 5.11 Å². The van der Waals surface area contributed by atoms with Gasteiger partial charge in [-0.3, -0.25) is 0 Å². The number of nitrogens with two attached hydrogens (primary N) is 1. The average molecular weight is 276 g/mol. The number of halogens is 2. The zero-order chi connectivity index (χ0) is 12.4. The normalized spacial score (nSPS) is 23.9. The van der Waals surface area contributed by atoms with E-state index in [1.165, 1.54) is 0 Å². The Morgan fingerprint density at radius 3 is 2.82 bits per heavy atom. The Bertz CT molecular complexity index is 414. The minimum Gasteiger partial charge on any atom is -0.393 e. The molecule has 0 saturated heterocycles. The number of aromatic nitrogens is 1. The molecule has 0 radical (unpaired) electrons. The lowest BCUT2D eigenvalue weighted by atomic mass is 10.1. The zero-order valence-electron chi connectivity index (χ0n) is 9.29. The quantitative estimate of drug-likeness (QED) is 0.793. The van der Waals surface area contributed by atoms with E-state index in [2.05, 4.69) is 10.3 Å². The molecule has 1 fully saturated rings. The molecule has 0 aromatic carbocycles. The van der Waals surface area contributed by atoms with Crippen molar-refractivity contribution in [3.05, 3.63) is 16.1 Å². The Kier molecular flexibility index (Phi) is 3.97. The lowest BCUT2D eigenvalue weighted by molar-refractivity contribution is 0.178. The van der Waals surface area contributed by atoms with Crippen molar-refractivity contribution in [1.29, 1.82) is 0 Å². The molecule has 94 valence electrons. The van der Waals surface area contributed by atoms with E-state index in [-0.39, 0.29) is 11.9 Å². The molecule has 1 saturated carbocycles. The van der Waals surface area contributed by atoms with Gasteiger partial charge in [0, 0.05) is 6.54 Å². The van der Waals surface area contributed by atoms with Crippen LogP contribution >= 0.6 is 23.2 Å². The van der Waals surface area contributed by atoms with Crippen LogP contribution in [0, 0.1) is 5.92 Å². The Balaban J connectivity index is 1.97. The summed E-state index contributed by atoms with van der Waals surface area (Å²) in [7, 11) is 0. The van der Waals surface area contributed by atoms with Crippen LogP contribution in [0.25, 0.3) is 0 Å². The monoisotopic (exact) mass is 275 g/mol. The largest absolute Gasteiger partial charge is 0.393 e. The van der Waals surface area contributed by atoms with Crippen LogP contribution in [0.2, 0.25) is 10.0 Å². The van der Waals surface area contributed by atoms with E-state index < -0.39 is 0 Å². The Morgan fingerprint density at radius 2 is 2.18 bits per heavy atom. The maximum atomic E-state index is 9.42. The summed E-state index contributed by atoms with van der Waals surface area (Å²) < 4.78 is 0. The van der Waals surface area contributed by atoms with Crippen LogP contribution in [0.1, 0.15) is 19.3 Å². The maximum Gasteiger partial charge on any atom is 0.147 e. The fourth-order valence-electron chi connectivity index (χ4n) is 2.08. The Hall–Kier alpha value is -0.710. The van der Waals surface area contributed by atoms with Gasteiger partial charge in [-0.15, -0.1) is 0 Å². The average Bonchev–Trinajstić information content (AvgIpc) is 2.68. The molecule has 0 amide bonds. The number of aliphatic hydroxyl groups is 1. The van der Waals surface area contributed by atoms with Crippen molar-refractivity contribution in [3.63, 3.8) is 0 Å². The van der Waals surface area contributed by atoms with E-state index in [9.17, 15) is 5.11 Å². The molecule has 17 heavy (non-hydrogen) atoms. The summed E-state index contributed by atoms with van der Waals surface area (Å²) >= 11 is 11.8. The molecule has 4 N–H and O–H groups in total. The number of hydrogen-bond donors (Lipinski definition) is 3. The number of nitrogens with one attached hydrogen (secondary N) is 1. The summed E-state index contributed by atoms with van der Waals surface area (Å²) in [6.07, 6.45) is 2.55. The van der Waals surface area contributed by atoms with Gasteiger partial charge in [0.15, 0.2) is 0 Å². The summed E-state index contributed by atoms with van der Waals surface area (Å²) in [5.74, 6) is 1.28. The number of aliphatic hydroxyl groups excluding tert-OH is 1. The van der Waals surface area contributed by atoms with Gasteiger partial charge in [0.1, 0.15) is 11.6 Å². The third-order valence-corrected chi connectivity index (χ3v) is 3.62. The molecule has 1 aliphatic carbocycles. The summed E-state index contributed by atoms with van der Waals surface area (Å²) in [5, 5.41) is 13.4. The highest BCUT2D eigenvalue weighted by Gasteiger charge is 2.22.